The Morgan fingerprint density at radius 1 is 1.34 bits per heavy atom. The van der Waals surface area contributed by atoms with Crippen LogP contribution in [0.15, 0.2) is 46.4 Å². The van der Waals surface area contributed by atoms with Gasteiger partial charge in [0.15, 0.2) is 11.5 Å². The second kappa shape index (κ2) is 9.71. The smallest absolute Gasteiger partial charge is 0.271 e. The lowest BCUT2D eigenvalue weighted by Crippen LogP contribution is -2.13. The van der Waals surface area contributed by atoms with Crippen molar-refractivity contribution in [2.45, 2.75) is 20.0 Å². The van der Waals surface area contributed by atoms with Gasteiger partial charge in [-0.2, -0.15) is 5.26 Å². The minimum atomic E-state index is -0.689. The average Bonchev–Trinajstić information content (AvgIpc) is 2.67. The van der Waals surface area contributed by atoms with Crippen LogP contribution < -0.4 is 14.8 Å². The summed E-state index contributed by atoms with van der Waals surface area (Å²) >= 11 is 3.41. The molecule has 0 aromatic heterocycles. The van der Waals surface area contributed by atoms with E-state index in [1.165, 1.54) is 37.5 Å². The first-order valence-electron chi connectivity index (χ1n) is 8.47. The van der Waals surface area contributed by atoms with Crippen molar-refractivity contribution in [3.05, 3.63) is 62.1 Å². The fraction of sp³-hybridized carbons (Fsp3) is 0.200. The van der Waals surface area contributed by atoms with Gasteiger partial charge in [0, 0.05) is 17.8 Å². The number of hydrogen-bond acceptors (Lipinski definition) is 6. The lowest BCUT2D eigenvalue weighted by molar-refractivity contribution is -0.384. The number of nitriles is 1. The second-order valence-electron chi connectivity index (χ2n) is 6.13. The maximum Gasteiger partial charge on any atom is 0.271 e. The van der Waals surface area contributed by atoms with Gasteiger partial charge in [-0.3, -0.25) is 14.9 Å². The predicted molar refractivity (Wildman–Crippen MR) is 112 cm³/mol. The van der Waals surface area contributed by atoms with Crippen molar-refractivity contribution in [1.82, 2.24) is 0 Å². The largest absolute Gasteiger partial charge is 0.493 e. The van der Waals surface area contributed by atoms with Crippen molar-refractivity contribution >= 4 is 39.3 Å². The standard InChI is InChI=1S/C20H18BrN3O5/c1-12(2)29-19-17(21)8-13(9-18(19)28-3)7-14(11-22)20(25)23-15-5-4-6-16(10-15)24(26)27/h4-10,12H,1-3H3,(H,23,25)/b14-7+. The van der Waals surface area contributed by atoms with Crippen LogP contribution in [0.2, 0.25) is 0 Å². The third-order valence-electron chi connectivity index (χ3n) is 3.60. The first-order valence-corrected chi connectivity index (χ1v) is 9.26. The van der Waals surface area contributed by atoms with E-state index in [-0.39, 0.29) is 23.1 Å². The van der Waals surface area contributed by atoms with Gasteiger partial charge in [-0.1, -0.05) is 6.07 Å². The second-order valence-corrected chi connectivity index (χ2v) is 6.99. The molecule has 29 heavy (non-hydrogen) atoms. The van der Waals surface area contributed by atoms with Crippen molar-refractivity contribution in [2.24, 2.45) is 0 Å². The zero-order valence-corrected chi connectivity index (χ0v) is 17.5. The number of rotatable bonds is 7. The molecule has 0 saturated heterocycles. The molecule has 0 fully saturated rings. The molecule has 0 aliphatic rings. The Kier molecular flexibility index (Phi) is 7.33. The van der Waals surface area contributed by atoms with Crippen molar-refractivity contribution in [2.75, 3.05) is 12.4 Å². The van der Waals surface area contributed by atoms with E-state index >= 15 is 0 Å². The average molecular weight is 460 g/mol. The quantitative estimate of drug-likeness (QED) is 0.277. The van der Waals surface area contributed by atoms with Crippen LogP contribution in [0.25, 0.3) is 6.08 Å². The minimum Gasteiger partial charge on any atom is -0.493 e. The van der Waals surface area contributed by atoms with Crippen LogP contribution in [0.3, 0.4) is 0 Å². The van der Waals surface area contributed by atoms with Crippen LogP contribution in [-0.4, -0.2) is 24.0 Å². The van der Waals surface area contributed by atoms with E-state index in [4.69, 9.17) is 9.47 Å². The Morgan fingerprint density at radius 2 is 2.07 bits per heavy atom. The molecule has 0 aliphatic heterocycles. The van der Waals surface area contributed by atoms with Crippen molar-refractivity contribution in [1.29, 1.82) is 5.26 Å². The molecular weight excluding hydrogens is 442 g/mol. The van der Waals surface area contributed by atoms with Crippen molar-refractivity contribution < 1.29 is 19.2 Å². The summed E-state index contributed by atoms with van der Waals surface area (Å²) in [6, 6.07) is 10.6. The van der Waals surface area contributed by atoms with Gasteiger partial charge >= 0.3 is 0 Å². The third kappa shape index (κ3) is 5.80. The number of nitrogens with zero attached hydrogens (tertiary/aromatic N) is 2. The Hall–Kier alpha value is -3.38. The highest BCUT2D eigenvalue weighted by Gasteiger charge is 2.15. The summed E-state index contributed by atoms with van der Waals surface area (Å²) in [6.45, 7) is 3.76. The van der Waals surface area contributed by atoms with E-state index in [2.05, 4.69) is 21.2 Å². The Balaban J connectivity index is 2.32. The van der Waals surface area contributed by atoms with Crippen LogP contribution in [0, 0.1) is 21.4 Å². The minimum absolute atomic E-state index is 0.0723. The van der Waals surface area contributed by atoms with Crippen LogP contribution in [0.1, 0.15) is 19.4 Å². The third-order valence-corrected chi connectivity index (χ3v) is 4.19. The zero-order chi connectivity index (χ0) is 21.6. The molecule has 2 rings (SSSR count). The van der Waals surface area contributed by atoms with Gasteiger partial charge in [-0.15, -0.1) is 0 Å². The zero-order valence-electron chi connectivity index (χ0n) is 15.9. The maximum absolute atomic E-state index is 12.4. The number of amides is 1. The summed E-state index contributed by atoms with van der Waals surface area (Å²) in [6.07, 6.45) is 1.32. The van der Waals surface area contributed by atoms with Gasteiger partial charge in [0.2, 0.25) is 0 Å². The first-order chi connectivity index (χ1) is 13.7. The molecule has 2 aromatic carbocycles. The summed E-state index contributed by atoms with van der Waals surface area (Å²) in [7, 11) is 1.49. The number of anilines is 1. The normalized spacial score (nSPS) is 11.0. The van der Waals surface area contributed by atoms with E-state index in [1.54, 1.807) is 12.1 Å². The monoisotopic (exact) mass is 459 g/mol. The molecule has 0 radical (unpaired) electrons. The number of nitro groups is 1. The molecule has 1 N–H and O–H groups in total. The molecule has 2 aromatic rings. The maximum atomic E-state index is 12.4. The number of ether oxygens (including phenoxy) is 2. The summed E-state index contributed by atoms with van der Waals surface area (Å²) in [5.74, 6) is 0.264. The summed E-state index contributed by atoms with van der Waals surface area (Å²) in [5, 5.41) is 22.7. The number of nitrogens with one attached hydrogen (secondary N) is 1. The van der Waals surface area contributed by atoms with Gasteiger partial charge < -0.3 is 14.8 Å². The lowest BCUT2D eigenvalue weighted by atomic mass is 10.1. The van der Waals surface area contributed by atoms with E-state index in [0.29, 0.717) is 21.5 Å². The molecule has 0 unspecified atom stereocenters. The number of benzene rings is 2. The molecule has 1 amide bonds. The van der Waals surface area contributed by atoms with Gasteiger partial charge in [-0.25, -0.2) is 0 Å². The van der Waals surface area contributed by atoms with E-state index in [0.717, 1.165) is 0 Å². The van der Waals surface area contributed by atoms with Crippen LogP contribution in [0.4, 0.5) is 11.4 Å². The van der Waals surface area contributed by atoms with Gasteiger partial charge in [-0.05, 0) is 59.6 Å². The van der Waals surface area contributed by atoms with E-state index in [9.17, 15) is 20.2 Å². The van der Waals surface area contributed by atoms with Gasteiger partial charge in [0.05, 0.1) is 22.6 Å². The lowest BCUT2D eigenvalue weighted by Gasteiger charge is -2.16. The van der Waals surface area contributed by atoms with Gasteiger partial charge in [0.1, 0.15) is 11.6 Å². The number of nitro benzene ring substituents is 1. The topological polar surface area (TPSA) is 114 Å². The van der Waals surface area contributed by atoms with Crippen LogP contribution in [0.5, 0.6) is 11.5 Å². The highest BCUT2D eigenvalue weighted by molar-refractivity contribution is 9.10. The molecule has 0 spiro atoms. The van der Waals surface area contributed by atoms with Gasteiger partial charge in [0.25, 0.3) is 11.6 Å². The van der Waals surface area contributed by atoms with Crippen LogP contribution >= 0.6 is 15.9 Å². The highest BCUT2D eigenvalue weighted by atomic mass is 79.9. The van der Waals surface area contributed by atoms with Crippen molar-refractivity contribution in [3.63, 3.8) is 0 Å². The number of carbonyl (C=O) groups excluding carboxylic acids is 1. The number of halogens is 1. The number of hydrogen-bond donors (Lipinski definition) is 1. The Morgan fingerprint density at radius 3 is 2.66 bits per heavy atom. The Bertz CT molecular complexity index is 1010. The summed E-state index contributed by atoms with van der Waals surface area (Å²) in [4.78, 5) is 22.7. The summed E-state index contributed by atoms with van der Waals surface area (Å²) < 4.78 is 11.7. The fourth-order valence-corrected chi connectivity index (χ4v) is 2.94. The molecule has 0 saturated carbocycles. The molecule has 8 nitrogen and oxygen atoms in total. The first kappa shape index (κ1) is 21.9. The molecular formula is C20H18BrN3O5. The molecule has 150 valence electrons. The highest BCUT2D eigenvalue weighted by Crippen LogP contribution is 2.38. The summed E-state index contributed by atoms with van der Waals surface area (Å²) in [5.41, 5.74) is 0.406. The van der Waals surface area contributed by atoms with Crippen LogP contribution in [-0.2, 0) is 4.79 Å². The van der Waals surface area contributed by atoms with E-state index in [1.807, 2.05) is 19.9 Å². The fourth-order valence-electron chi connectivity index (χ4n) is 2.38. The Labute approximate surface area is 176 Å². The number of methoxy groups -OCH3 is 1. The number of non-ortho nitro benzene ring substituents is 1. The number of carbonyl (C=O) groups is 1. The predicted octanol–water partition coefficient (Wildman–Crippen LogP) is 4.70. The molecule has 0 atom stereocenters. The SMILES string of the molecule is COc1cc(/C=C(\C#N)C(=O)Nc2cccc([N+](=O)[O-])c2)cc(Br)c1OC(C)C. The van der Waals surface area contributed by atoms with Crippen molar-refractivity contribution in [3.8, 4) is 17.6 Å². The molecule has 0 heterocycles. The van der Waals surface area contributed by atoms with E-state index < -0.39 is 10.8 Å². The molecule has 9 heteroatoms. The molecule has 0 aliphatic carbocycles. The molecule has 0 bridgehead atoms.